The first-order valence-electron chi connectivity index (χ1n) is 8.35. The molecule has 0 atom stereocenters. The van der Waals surface area contributed by atoms with E-state index in [1.54, 1.807) is 30.5 Å². The lowest BCUT2D eigenvalue weighted by molar-refractivity contribution is -0.383. The quantitative estimate of drug-likeness (QED) is 0.289. The van der Waals surface area contributed by atoms with Gasteiger partial charge in [-0.25, -0.2) is 4.79 Å². The molecule has 142 valence electrons. The summed E-state index contributed by atoms with van der Waals surface area (Å²) in [5, 5.41) is 10.9. The van der Waals surface area contributed by atoms with Crippen LogP contribution in [0.1, 0.15) is 21.6 Å². The predicted octanol–water partition coefficient (Wildman–Crippen LogP) is 3.51. The molecule has 3 rings (SSSR count). The second kappa shape index (κ2) is 8.63. The number of nitrogens with two attached hydrogens (primary N) is 1. The lowest BCUT2D eigenvalue weighted by atomic mass is 10.2. The van der Waals surface area contributed by atoms with Crippen molar-refractivity contribution in [3.63, 3.8) is 0 Å². The molecular formula is C20H17N3O5. The normalized spacial score (nSPS) is 10.3. The summed E-state index contributed by atoms with van der Waals surface area (Å²) in [6.45, 7) is 0.378. The molecule has 0 saturated heterocycles. The molecule has 0 amide bonds. The van der Waals surface area contributed by atoms with E-state index in [0.717, 1.165) is 17.3 Å². The first-order valence-corrected chi connectivity index (χ1v) is 8.35. The van der Waals surface area contributed by atoms with Gasteiger partial charge < -0.3 is 15.2 Å². The van der Waals surface area contributed by atoms with Gasteiger partial charge in [0.2, 0.25) is 0 Å². The van der Waals surface area contributed by atoms with E-state index in [2.05, 4.69) is 4.98 Å². The van der Waals surface area contributed by atoms with E-state index in [0.29, 0.717) is 12.4 Å². The van der Waals surface area contributed by atoms with Gasteiger partial charge in [-0.15, -0.1) is 0 Å². The number of ether oxygens (including phenoxy) is 2. The van der Waals surface area contributed by atoms with Crippen molar-refractivity contribution in [3.05, 3.63) is 93.8 Å². The minimum Gasteiger partial charge on any atom is -0.487 e. The zero-order valence-electron chi connectivity index (χ0n) is 14.8. The summed E-state index contributed by atoms with van der Waals surface area (Å²) in [6.07, 6.45) is 1.70. The average Bonchev–Trinajstić information content (AvgIpc) is 2.72. The van der Waals surface area contributed by atoms with Crippen molar-refractivity contribution in [1.29, 1.82) is 0 Å². The van der Waals surface area contributed by atoms with Crippen LogP contribution in [0.4, 0.5) is 11.4 Å². The van der Waals surface area contributed by atoms with Crippen molar-refractivity contribution in [2.24, 2.45) is 0 Å². The van der Waals surface area contributed by atoms with Crippen molar-refractivity contribution in [2.75, 3.05) is 5.73 Å². The summed E-state index contributed by atoms with van der Waals surface area (Å²) in [4.78, 5) is 26.6. The lowest BCUT2D eigenvalue weighted by Crippen LogP contribution is -2.07. The van der Waals surface area contributed by atoms with Gasteiger partial charge in [0.05, 0.1) is 16.2 Å². The fourth-order valence-electron chi connectivity index (χ4n) is 2.38. The third-order valence-electron chi connectivity index (χ3n) is 3.87. The Morgan fingerprint density at radius 3 is 2.54 bits per heavy atom. The number of aromatic nitrogens is 1. The number of nitro benzene ring substituents is 1. The van der Waals surface area contributed by atoms with Crippen LogP contribution in [0.2, 0.25) is 0 Å². The Labute approximate surface area is 160 Å². The van der Waals surface area contributed by atoms with E-state index in [1.165, 1.54) is 12.1 Å². The fourth-order valence-corrected chi connectivity index (χ4v) is 2.38. The van der Waals surface area contributed by atoms with Gasteiger partial charge in [-0.2, -0.15) is 0 Å². The SMILES string of the molecule is Nc1ccc(C(=O)OCc2ccc(OCc3ccccn3)cc2)cc1[N+](=O)[O-]. The van der Waals surface area contributed by atoms with E-state index in [1.807, 2.05) is 18.2 Å². The molecule has 0 unspecified atom stereocenters. The molecule has 0 fully saturated rings. The van der Waals surface area contributed by atoms with E-state index in [9.17, 15) is 14.9 Å². The van der Waals surface area contributed by atoms with Gasteiger partial charge in [0.25, 0.3) is 5.69 Å². The Morgan fingerprint density at radius 1 is 1.07 bits per heavy atom. The molecule has 1 heterocycles. The number of nitrogens with zero attached hydrogens (tertiary/aromatic N) is 2. The highest BCUT2D eigenvalue weighted by Crippen LogP contribution is 2.23. The van der Waals surface area contributed by atoms with Crippen molar-refractivity contribution in [1.82, 2.24) is 4.98 Å². The van der Waals surface area contributed by atoms with Crippen molar-refractivity contribution in [3.8, 4) is 5.75 Å². The smallest absolute Gasteiger partial charge is 0.338 e. The molecule has 0 aliphatic rings. The number of carbonyl (C=O) groups is 1. The summed E-state index contributed by atoms with van der Waals surface area (Å²) < 4.78 is 10.8. The Hall–Kier alpha value is -3.94. The lowest BCUT2D eigenvalue weighted by Gasteiger charge is -2.08. The number of rotatable bonds is 7. The summed E-state index contributed by atoms with van der Waals surface area (Å²) >= 11 is 0. The number of carbonyl (C=O) groups excluding carboxylic acids is 1. The van der Waals surface area contributed by atoms with Crippen LogP contribution in [0, 0.1) is 10.1 Å². The van der Waals surface area contributed by atoms with Gasteiger partial charge in [-0.1, -0.05) is 18.2 Å². The Balaban J connectivity index is 1.55. The highest BCUT2D eigenvalue weighted by molar-refractivity contribution is 5.91. The van der Waals surface area contributed by atoms with Crippen molar-refractivity contribution in [2.45, 2.75) is 13.2 Å². The summed E-state index contributed by atoms with van der Waals surface area (Å²) in [6, 6.07) is 16.5. The molecular weight excluding hydrogens is 362 g/mol. The van der Waals surface area contributed by atoms with E-state index in [4.69, 9.17) is 15.2 Å². The van der Waals surface area contributed by atoms with Crippen LogP contribution < -0.4 is 10.5 Å². The van der Waals surface area contributed by atoms with Gasteiger partial charge in [-0.3, -0.25) is 15.1 Å². The van der Waals surface area contributed by atoms with Gasteiger partial charge in [0, 0.05) is 12.3 Å². The molecule has 2 aromatic carbocycles. The van der Waals surface area contributed by atoms with E-state index < -0.39 is 10.9 Å². The van der Waals surface area contributed by atoms with Crippen LogP contribution in [0.15, 0.2) is 66.9 Å². The zero-order chi connectivity index (χ0) is 19.9. The zero-order valence-corrected chi connectivity index (χ0v) is 14.8. The number of nitrogen functional groups attached to an aromatic ring is 1. The Morgan fingerprint density at radius 2 is 1.86 bits per heavy atom. The summed E-state index contributed by atoms with van der Waals surface area (Å²) in [7, 11) is 0. The number of nitro groups is 1. The van der Waals surface area contributed by atoms with Gasteiger partial charge in [0.15, 0.2) is 0 Å². The van der Waals surface area contributed by atoms with E-state index in [-0.39, 0.29) is 23.5 Å². The molecule has 2 N–H and O–H groups in total. The van der Waals surface area contributed by atoms with Gasteiger partial charge in [-0.05, 0) is 42.0 Å². The molecule has 0 saturated carbocycles. The van der Waals surface area contributed by atoms with Gasteiger partial charge >= 0.3 is 5.97 Å². The average molecular weight is 379 g/mol. The van der Waals surface area contributed by atoms with Gasteiger partial charge in [0.1, 0.15) is 24.7 Å². The summed E-state index contributed by atoms with van der Waals surface area (Å²) in [5.74, 6) is -0.00605. The van der Waals surface area contributed by atoms with Crippen molar-refractivity contribution >= 4 is 17.3 Å². The Bertz CT molecular complexity index is 975. The second-order valence-corrected chi connectivity index (χ2v) is 5.86. The first kappa shape index (κ1) is 18.8. The molecule has 3 aromatic rings. The maximum atomic E-state index is 12.1. The maximum Gasteiger partial charge on any atom is 0.338 e. The van der Waals surface area contributed by atoms with Crippen LogP contribution in [-0.2, 0) is 18.0 Å². The molecule has 0 aliphatic heterocycles. The number of benzene rings is 2. The highest BCUT2D eigenvalue weighted by atomic mass is 16.6. The molecule has 0 aliphatic carbocycles. The number of pyridine rings is 1. The largest absolute Gasteiger partial charge is 0.487 e. The van der Waals surface area contributed by atoms with Crippen LogP contribution >= 0.6 is 0 Å². The third-order valence-corrected chi connectivity index (χ3v) is 3.87. The molecule has 0 bridgehead atoms. The van der Waals surface area contributed by atoms with Crippen LogP contribution in [0.25, 0.3) is 0 Å². The fraction of sp³-hybridized carbons (Fsp3) is 0.100. The monoisotopic (exact) mass is 379 g/mol. The highest BCUT2D eigenvalue weighted by Gasteiger charge is 2.16. The third kappa shape index (κ3) is 4.82. The van der Waals surface area contributed by atoms with E-state index >= 15 is 0 Å². The molecule has 8 heteroatoms. The summed E-state index contributed by atoms with van der Waals surface area (Å²) in [5.41, 5.74) is 6.82. The number of hydrogen-bond donors (Lipinski definition) is 1. The molecule has 28 heavy (non-hydrogen) atoms. The van der Waals surface area contributed by atoms with Crippen LogP contribution in [0.3, 0.4) is 0 Å². The molecule has 0 radical (unpaired) electrons. The Kier molecular flexibility index (Phi) is 5.81. The topological polar surface area (TPSA) is 118 Å². The standard InChI is InChI=1S/C20H17N3O5/c21-18-9-6-15(11-19(18)23(25)26)20(24)28-12-14-4-7-17(8-5-14)27-13-16-3-1-2-10-22-16/h1-11H,12-13,21H2. The second-order valence-electron chi connectivity index (χ2n) is 5.86. The minimum absolute atomic E-state index is 0.0113. The number of anilines is 1. The number of esters is 1. The van der Waals surface area contributed by atoms with Crippen molar-refractivity contribution < 1.29 is 19.2 Å². The van der Waals surface area contributed by atoms with Crippen LogP contribution in [0.5, 0.6) is 5.75 Å². The van der Waals surface area contributed by atoms with Crippen LogP contribution in [-0.4, -0.2) is 15.9 Å². The number of hydrogen-bond acceptors (Lipinski definition) is 7. The maximum absolute atomic E-state index is 12.1. The molecule has 1 aromatic heterocycles. The predicted molar refractivity (Wildman–Crippen MR) is 102 cm³/mol. The molecule has 8 nitrogen and oxygen atoms in total. The molecule has 0 spiro atoms. The minimum atomic E-state index is -0.668. The first-order chi connectivity index (χ1) is 13.5.